The van der Waals surface area contributed by atoms with Gasteiger partial charge in [-0.2, -0.15) is 0 Å². The Morgan fingerprint density at radius 3 is 2.29 bits per heavy atom. The van der Waals surface area contributed by atoms with Crippen LogP contribution in [-0.4, -0.2) is 5.78 Å². The van der Waals surface area contributed by atoms with Crippen LogP contribution in [0, 0.1) is 11.8 Å². The molecule has 14 heavy (non-hydrogen) atoms. The lowest BCUT2D eigenvalue weighted by Crippen LogP contribution is -2.03. The molecule has 0 aromatic heterocycles. The summed E-state index contributed by atoms with van der Waals surface area (Å²) in [7, 11) is 0. The lowest BCUT2D eigenvalue weighted by atomic mass is 9.98. The van der Waals surface area contributed by atoms with E-state index in [-0.39, 0.29) is 0 Å². The van der Waals surface area contributed by atoms with Crippen LogP contribution in [0.2, 0.25) is 0 Å². The molecule has 1 heteroatoms. The van der Waals surface area contributed by atoms with Crippen LogP contribution in [0.1, 0.15) is 66.2 Å². The molecule has 1 rings (SSSR count). The minimum Gasteiger partial charge on any atom is -0.299 e. The van der Waals surface area contributed by atoms with Gasteiger partial charge in [-0.15, -0.1) is 0 Å². The van der Waals surface area contributed by atoms with Crippen molar-refractivity contribution >= 4 is 5.78 Å². The number of hydrogen-bond acceptors (Lipinski definition) is 1. The molecule has 1 saturated carbocycles. The van der Waals surface area contributed by atoms with E-state index >= 15 is 0 Å². The molecule has 1 fully saturated rings. The molecule has 0 bridgehead atoms. The molecule has 0 N–H and O–H groups in total. The Balaban J connectivity index is 0.000000791. The highest BCUT2D eigenvalue weighted by atomic mass is 16.1. The molecule has 1 unspecified atom stereocenters. The van der Waals surface area contributed by atoms with Crippen molar-refractivity contribution in [1.82, 2.24) is 0 Å². The van der Waals surface area contributed by atoms with Gasteiger partial charge in [0.1, 0.15) is 5.78 Å². The summed E-state index contributed by atoms with van der Waals surface area (Å²) in [5.74, 6) is 1.74. The molecular weight excluding hydrogens is 172 g/mol. The molecule has 0 amide bonds. The zero-order chi connectivity index (χ0) is 11.0. The molecule has 0 spiro atoms. The number of Topliss-reactive ketones (excluding diaryl/α,β-unsaturated/α-hetero) is 1. The number of carbonyl (C=O) groups is 1. The molecular formula is C13H26O. The van der Waals surface area contributed by atoms with Gasteiger partial charge >= 0.3 is 0 Å². The van der Waals surface area contributed by atoms with Crippen LogP contribution >= 0.6 is 0 Å². The van der Waals surface area contributed by atoms with Crippen LogP contribution in [0.25, 0.3) is 0 Å². The first-order chi connectivity index (χ1) is 6.74. The third-order valence-electron chi connectivity index (χ3n) is 2.70. The highest BCUT2D eigenvalue weighted by Gasteiger charge is 2.28. The lowest BCUT2D eigenvalue weighted by molar-refractivity contribution is -0.120. The summed E-state index contributed by atoms with van der Waals surface area (Å²) < 4.78 is 0. The molecule has 1 aliphatic carbocycles. The monoisotopic (exact) mass is 198 g/mol. The van der Waals surface area contributed by atoms with E-state index in [1.54, 1.807) is 0 Å². The van der Waals surface area contributed by atoms with Crippen molar-refractivity contribution in [3.8, 4) is 0 Å². The highest BCUT2D eigenvalue weighted by molar-refractivity contribution is 5.83. The van der Waals surface area contributed by atoms with Crippen LogP contribution < -0.4 is 0 Å². The van der Waals surface area contributed by atoms with E-state index in [1.165, 1.54) is 25.7 Å². The van der Waals surface area contributed by atoms with Gasteiger partial charge in [-0.05, 0) is 25.2 Å². The predicted octanol–water partition coefficient (Wildman–Crippen LogP) is 4.21. The fraction of sp³-hybridized carbons (Fsp3) is 0.923. The SMILES string of the molecule is CC.CCCC(C)CCC(=O)C1CC1. The molecule has 1 atom stereocenters. The van der Waals surface area contributed by atoms with Crippen molar-refractivity contribution in [3.05, 3.63) is 0 Å². The number of ketones is 1. The minimum atomic E-state index is 0.471. The van der Waals surface area contributed by atoms with Gasteiger partial charge in [0.2, 0.25) is 0 Å². The molecule has 1 nitrogen and oxygen atoms in total. The van der Waals surface area contributed by atoms with E-state index < -0.39 is 0 Å². The summed E-state index contributed by atoms with van der Waals surface area (Å²) in [6, 6.07) is 0. The summed E-state index contributed by atoms with van der Waals surface area (Å²) in [5, 5.41) is 0. The van der Waals surface area contributed by atoms with E-state index in [9.17, 15) is 4.79 Å². The van der Waals surface area contributed by atoms with Gasteiger partial charge < -0.3 is 0 Å². The van der Waals surface area contributed by atoms with Crippen molar-refractivity contribution in [2.45, 2.75) is 66.2 Å². The maximum atomic E-state index is 11.3. The molecule has 1 aliphatic rings. The van der Waals surface area contributed by atoms with Crippen molar-refractivity contribution in [3.63, 3.8) is 0 Å². The average Bonchev–Trinajstić information content (AvgIpc) is 3.01. The molecule has 0 aromatic rings. The molecule has 0 aliphatic heterocycles. The lowest BCUT2D eigenvalue weighted by Gasteiger charge is -2.07. The second-order valence-electron chi connectivity index (χ2n) is 4.17. The van der Waals surface area contributed by atoms with Gasteiger partial charge in [0, 0.05) is 12.3 Å². The summed E-state index contributed by atoms with van der Waals surface area (Å²) >= 11 is 0. The van der Waals surface area contributed by atoms with Crippen LogP contribution in [0.4, 0.5) is 0 Å². The van der Waals surface area contributed by atoms with Crippen LogP contribution in [0.15, 0.2) is 0 Å². The standard InChI is InChI=1S/C11H20O.C2H6/c1-3-4-9(2)5-8-11(12)10-6-7-10;1-2/h9-10H,3-8H2,1-2H3;1-2H3. The van der Waals surface area contributed by atoms with Crippen molar-refractivity contribution in [1.29, 1.82) is 0 Å². The largest absolute Gasteiger partial charge is 0.299 e. The Bertz CT molecular complexity index is 147. The fourth-order valence-corrected chi connectivity index (χ4v) is 1.64. The maximum Gasteiger partial charge on any atom is 0.135 e. The second kappa shape index (κ2) is 8.02. The summed E-state index contributed by atoms with van der Waals surface area (Å²) in [4.78, 5) is 11.3. The number of carbonyl (C=O) groups excluding carboxylic acids is 1. The predicted molar refractivity (Wildman–Crippen MR) is 62.4 cm³/mol. The van der Waals surface area contributed by atoms with E-state index in [0.717, 1.165) is 18.8 Å². The first kappa shape index (κ1) is 13.7. The van der Waals surface area contributed by atoms with Gasteiger partial charge in [-0.25, -0.2) is 0 Å². The number of rotatable bonds is 6. The van der Waals surface area contributed by atoms with Crippen LogP contribution in [0.5, 0.6) is 0 Å². The van der Waals surface area contributed by atoms with E-state index in [4.69, 9.17) is 0 Å². The summed E-state index contributed by atoms with van der Waals surface area (Å²) in [5.41, 5.74) is 0. The third-order valence-corrected chi connectivity index (χ3v) is 2.70. The first-order valence-electron chi connectivity index (χ1n) is 6.26. The van der Waals surface area contributed by atoms with Gasteiger partial charge in [-0.1, -0.05) is 40.5 Å². The Morgan fingerprint density at radius 1 is 1.29 bits per heavy atom. The molecule has 0 heterocycles. The topological polar surface area (TPSA) is 17.1 Å². The highest BCUT2D eigenvalue weighted by Crippen LogP contribution is 2.31. The quantitative estimate of drug-likeness (QED) is 0.625. The Labute approximate surface area is 89.3 Å². The summed E-state index contributed by atoms with van der Waals surface area (Å²) in [6.45, 7) is 8.46. The van der Waals surface area contributed by atoms with E-state index in [2.05, 4.69) is 13.8 Å². The molecule has 0 saturated heterocycles. The first-order valence-corrected chi connectivity index (χ1v) is 6.26. The Hall–Kier alpha value is -0.330. The van der Waals surface area contributed by atoms with Crippen LogP contribution in [0.3, 0.4) is 0 Å². The molecule has 0 radical (unpaired) electrons. The Kier molecular flexibility index (Phi) is 7.83. The normalized spacial score (nSPS) is 16.9. The zero-order valence-electron chi connectivity index (χ0n) is 10.3. The van der Waals surface area contributed by atoms with E-state index in [1.807, 2.05) is 13.8 Å². The fourth-order valence-electron chi connectivity index (χ4n) is 1.64. The van der Waals surface area contributed by atoms with Gasteiger partial charge in [0.15, 0.2) is 0 Å². The van der Waals surface area contributed by atoms with Gasteiger partial charge in [0.25, 0.3) is 0 Å². The average molecular weight is 198 g/mol. The second-order valence-corrected chi connectivity index (χ2v) is 4.17. The van der Waals surface area contributed by atoms with E-state index in [0.29, 0.717) is 11.7 Å². The van der Waals surface area contributed by atoms with Crippen molar-refractivity contribution < 1.29 is 4.79 Å². The van der Waals surface area contributed by atoms with Crippen LogP contribution in [-0.2, 0) is 4.79 Å². The summed E-state index contributed by atoms with van der Waals surface area (Å²) in [6.07, 6.45) is 6.81. The molecule has 0 aromatic carbocycles. The van der Waals surface area contributed by atoms with Gasteiger partial charge in [0.05, 0.1) is 0 Å². The Morgan fingerprint density at radius 2 is 1.86 bits per heavy atom. The van der Waals surface area contributed by atoms with Crippen molar-refractivity contribution in [2.75, 3.05) is 0 Å². The smallest absolute Gasteiger partial charge is 0.135 e. The van der Waals surface area contributed by atoms with Gasteiger partial charge in [-0.3, -0.25) is 4.79 Å². The zero-order valence-corrected chi connectivity index (χ0v) is 10.3. The number of hydrogen-bond donors (Lipinski definition) is 0. The minimum absolute atomic E-state index is 0.471. The van der Waals surface area contributed by atoms with Crippen molar-refractivity contribution in [2.24, 2.45) is 11.8 Å². The third kappa shape index (κ3) is 6.17. The maximum absolute atomic E-state index is 11.3. The molecule has 84 valence electrons.